The Bertz CT molecular complexity index is 281. The van der Waals surface area contributed by atoms with Gasteiger partial charge in [0, 0.05) is 41.7 Å². The Kier molecular flexibility index (Phi) is 8.66. The van der Waals surface area contributed by atoms with Gasteiger partial charge in [0.1, 0.15) is 0 Å². The molecule has 0 bridgehead atoms. The number of carbonyl (C=O) groups is 2. The number of unbranched alkanes of at least 4 members (excludes halogenated alkanes) is 1. The second-order valence-corrected chi connectivity index (χ2v) is 5.85. The Morgan fingerprint density at radius 2 is 1.88 bits per heavy atom. The lowest BCUT2D eigenvalue weighted by atomic mass is 10.2. The Labute approximate surface area is 104 Å². The van der Waals surface area contributed by atoms with Gasteiger partial charge in [-0.15, -0.1) is 0 Å². The molecule has 0 rings (SSSR count). The van der Waals surface area contributed by atoms with Crippen molar-refractivity contribution in [3.05, 3.63) is 0 Å². The molecule has 0 aromatic heterocycles. The molecule has 2 N–H and O–H groups in total. The number of hydrogen-bond donors (Lipinski definition) is 2. The molecule has 0 aliphatic rings. The molecule has 17 heavy (non-hydrogen) atoms. The Morgan fingerprint density at radius 1 is 1.29 bits per heavy atom. The molecule has 6 heteroatoms. The molecular formula is C11H21NO4S. The normalized spacial score (nSPS) is 14.0. The van der Waals surface area contributed by atoms with E-state index in [4.69, 9.17) is 5.11 Å². The van der Waals surface area contributed by atoms with E-state index in [1.54, 1.807) is 6.26 Å². The van der Waals surface area contributed by atoms with Crippen molar-refractivity contribution in [3.8, 4) is 0 Å². The first-order valence-corrected chi connectivity index (χ1v) is 7.36. The van der Waals surface area contributed by atoms with Crippen LogP contribution in [0.2, 0.25) is 0 Å². The van der Waals surface area contributed by atoms with Crippen molar-refractivity contribution in [2.75, 3.05) is 12.8 Å². The summed E-state index contributed by atoms with van der Waals surface area (Å²) in [6.07, 6.45) is 3.93. The maximum absolute atomic E-state index is 11.3. The van der Waals surface area contributed by atoms with Crippen molar-refractivity contribution in [1.29, 1.82) is 0 Å². The van der Waals surface area contributed by atoms with Crippen LogP contribution in [0.5, 0.6) is 0 Å². The highest BCUT2D eigenvalue weighted by Crippen LogP contribution is 2.01. The van der Waals surface area contributed by atoms with Crippen molar-refractivity contribution in [2.24, 2.45) is 0 Å². The Hall–Kier alpha value is -0.910. The van der Waals surface area contributed by atoms with Gasteiger partial charge in [0.25, 0.3) is 0 Å². The summed E-state index contributed by atoms with van der Waals surface area (Å²) in [6, 6.07) is 0. The largest absolute Gasteiger partial charge is 0.481 e. The van der Waals surface area contributed by atoms with Gasteiger partial charge in [-0.1, -0.05) is 6.92 Å². The van der Waals surface area contributed by atoms with Crippen molar-refractivity contribution >= 4 is 22.7 Å². The van der Waals surface area contributed by atoms with E-state index in [0.717, 1.165) is 0 Å². The van der Waals surface area contributed by atoms with Gasteiger partial charge >= 0.3 is 5.97 Å². The summed E-state index contributed by atoms with van der Waals surface area (Å²) in [5.41, 5.74) is 0. The Balaban J connectivity index is 3.47. The van der Waals surface area contributed by atoms with Gasteiger partial charge in [-0.2, -0.15) is 0 Å². The molecule has 0 saturated carbocycles. The Morgan fingerprint density at radius 3 is 2.41 bits per heavy atom. The third kappa shape index (κ3) is 9.99. The zero-order valence-corrected chi connectivity index (χ0v) is 11.2. The molecule has 1 amide bonds. The van der Waals surface area contributed by atoms with E-state index >= 15 is 0 Å². The zero-order valence-electron chi connectivity index (χ0n) is 10.4. The van der Waals surface area contributed by atoms with Crippen molar-refractivity contribution < 1.29 is 18.9 Å². The van der Waals surface area contributed by atoms with Crippen molar-refractivity contribution in [1.82, 2.24) is 5.32 Å². The lowest BCUT2D eigenvalue weighted by Gasteiger charge is -2.09. The second-order valence-electron chi connectivity index (χ2n) is 4.05. The molecule has 100 valence electrons. The van der Waals surface area contributed by atoms with E-state index in [1.807, 2.05) is 6.92 Å². The van der Waals surface area contributed by atoms with E-state index in [9.17, 15) is 13.8 Å². The summed E-state index contributed by atoms with van der Waals surface area (Å²) in [5, 5.41) is 11.2. The van der Waals surface area contributed by atoms with Crippen LogP contribution in [0, 0.1) is 0 Å². The predicted molar refractivity (Wildman–Crippen MR) is 67.3 cm³/mol. The van der Waals surface area contributed by atoms with Gasteiger partial charge in [0.05, 0.1) is 0 Å². The third-order valence-electron chi connectivity index (χ3n) is 2.48. The molecule has 0 aliphatic carbocycles. The van der Waals surface area contributed by atoms with E-state index in [0.29, 0.717) is 32.2 Å². The average molecular weight is 263 g/mol. The molecule has 0 aliphatic heterocycles. The number of amides is 1. The van der Waals surface area contributed by atoms with Crippen LogP contribution in [0.25, 0.3) is 0 Å². The van der Waals surface area contributed by atoms with Crippen LogP contribution in [0.4, 0.5) is 0 Å². The SMILES string of the molecule is CC(CCNC(=O)CCCCC(=O)O)S(C)=O. The average Bonchev–Trinajstić information content (AvgIpc) is 2.23. The minimum atomic E-state index is -0.854. The monoisotopic (exact) mass is 263 g/mol. The molecule has 0 heterocycles. The van der Waals surface area contributed by atoms with Crippen molar-refractivity contribution in [2.45, 2.75) is 44.3 Å². The highest BCUT2D eigenvalue weighted by Gasteiger charge is 2.07. The van der Waals surface area contributed by atoms with Crippen LogP contribution >= 0.6 is 0 Å². The first kappa shape index (κ1) is 16.1. The summed E-state index contributed by atoms with van der Waals surface area (Å²) in [5.74, 6) is -0.894. The molecular weight excluding hydrogens is 242 g/mol. The fraction of sp³-hybridized carbons (Fsp3) is 0.818. The third-order valence-corrected chi connectivity index (χ3v) is 3.85. The number of rotatable bonds is 9. The number of aliphatic carboxylic acids is 1. The summed E-state index contributed by atoms with van der Waals surface area (Å²) in [6.45, 7) is 2.41. The molecule has 0 radical (unpaired) electrons. The summed E-state index contributed by atoms with van der Waals surface area (Å²) in [7, 11) is -0.854. The molecule has 0 saturated heterocycles. The van der Waals surface area contributed by atoms with Gasteiger partial charge in [-0.3, -0.25) is 13.8 Å². The zero-order chi connectivity index (χ0) is 13.3. The standard InChI is InChI=1S/C11H21NO4S/c1-9(17(2)16)7-8-12-10(13)5-3-4-6-11(14)15/h9H,3-8H2,1-2H3,(H,12,13)(H,14,15). The number of carbonyl (C=O) groups excluding carboxylic acids is 1. The number of hydrogen-bond acceptors (Lipinski definition) is 3. The van der Waals surface area contributed by atoms with E-state index in [-0.39, 0.29) is 17.6 Å². The topological polar surface area (TPSA) is 83.5 Å². The van der Waals surface area contributed by atoms with Crippen LogP contribution in [0.3, 0.4) is 0 Å². The summed E-state index contributed by atoms with van der Waals surface area (Å²) < 4.78 is 11.0. The van der Waals surface area contributed by atoms with Gasteiger partial charge in [-0.25, -0.2) is 0 Å². The van der Waals surface area contributed by atoms with Gasteiger partial charge < -0.3 is 10.4 Å². The van der Waals surface area contributed by atoms with Crippen LogP contribution in [-0.4, -0.2) is 39.2 Å². The summed E-state index contributed by atoms with van der Waals surface area (Å²) >= 11 is 0. The van der Waals surface area contributed by atoms with E-state index in [2.05, 4.69) is 5.32 Å². The molecule has 2 unspecified atom stereocenters. The minimum absolute atomic E-state index is 0.0653. The van der Waals surface area contributed by atoms with Crippen LogP contribution in [0.1, 0.15) is 39.0 Å². The quantitative estimate of drug-likeness (QED) is 0.605. The number of carboxylic acids is 1. The highest BCUT2D eigenvalue weighted by molar-refractivity contribution is 7.84. The molecule has 5 nitrogen and oxygen atoms in total. The van der Waals surface area contributed by atoms with Gasteiger partial charge in [-0.05, 0) is 19.3 Å². The second kappa shape index (κ2) is 9.15. The van der Waals surface area contributed by atoms with Gasteiger partial charge in [0.15, 0.2) is 0 Å². The lowest BCUT2D eigenvalue weighted by Crippen LogP contribution is -2.27. The van der Waals surface area contributed by atoms with E-state index < -0.39 is 16.8 Å². The minimum Gasteiger partial charge on any atom is -0.481 e. The number of nitrogens with one attached hydrogen (secondary N) is 1. The molecule has 0 fully saturated rings. The molecule has 0 spiro atoms. The maximum atomic E-state index is 11.3. The fourth-order valence-electron chi connectivity index (χ4n) is 1.23. The highest BCUT2D eigenvalue weighted by atomic mass is 32.2. The summed E-state index contributed by atoms with van der Waals surface area (Å²) in [4.78, 5) is 21.5. The predicted octanol–water partition coefficient (Wildman–Crippen LogP) is 0.905. The van der Waals surface area contributed by atoms with Crippen LogP contribution in [-0.2, 0) is 20.4 Å². The van der Waals surface area contributed by atoms with Crippen LogP contribution < -0.4 is 5.32 Å². The fourth-order valence-corrected chi connectivity index (χ4v) is 1.68. The first-order valence-electron chi connectivity index (χ1n) is 5.74. The maximum Gasteiger partial charge on any atom is 0.303 e. The van der Waals surface area contributed by atoms with Crippen molar-refractivity contribution in [3.63, 3.8) is 0 Å². The molecule has 2 atom stereocenters. The van der Waals surface area contributed by atoms with Crippen LogP contribution in [0.15, 0.2) is 0 Å². The van der Waals surface area contributed by atoms with E-state index in [1.165, 1.54) is 0 Å². The number of carboxylic acid groups (broad SMARTS) is 1. The lowest BCUT2D eigenvalue weighted by molar-refractivity contribution is -0.137. The molecule has 0 aromatic carbocycles. The smallest absolute Gasteiger partial charge is 0.303 e. The van der Waals surface area contributed by atoms with Gasteiger partial charge in [0.2, 0.25) is 5.91 Å². The molecule has 0 aromatic rings. The first-order chi connectivity index (χ1) is 7.93.